The lowest BCUT2D eigenvalue weighted by Crippen LogP contribution is -1.85. The Morgan fingerprint density at radius 1 is 1.44 bits per heavy atom. The van der Waals surface area contributed by atoms with Gasteiger partial charge in [-0.15, -0.1) is 11.3 Å². The van der Waals surface area contributed by atoms with Gasteiger partial charge >= 0.3 is 0 Å². The van der Waals surface area contributed by atoms with Gasteiger partial charge in [0, 0.05) is 5.56 Å². The first kappa shape index (κ1) is 11.4. The fraction of sp³-hybridized carbons (Fsp3) is 0.182. The molecule has 0 bridgehead atoms. The Bertz CT molecular complexity index is 527. The third-order valence-electron chi connectivity index (χ3n) is 2.11. The number of ether oxygens (including phenoxy) is 1. The first-order chi connectivity index (χ1) is 7.61. The number of aryl methyl sites for hydroxylation is 1. The number of hydrogen-bond donors (Lipinski definition) is 0. The number of rotatable bonds is 2. The van der Waals surface area contributed by atoms with Gasteiger partial charge in [0.1, 0.15) is 5.75 Å². The maximum atomic E-state index is 13.5. The number of hydrogen-bond acceptors (Lipinski definition) is 3. The van der Waals surface area contributed by atoms with Crippen LogP contribution in [0.1, 0.15) is 5.01 Å². The monoisotopic (exact) mass is 257 g/mol. The molecule has 0 N–H and O–H groups in total. The summed E-state index contributed by atoms with van der Waals surface area (Å²) in [6.07, 6.45) is 0. The molecule has 84 valence electrons. The van der Waals surface area contributed by atoms with Crippen molar-refractivity contribution in [3.8, 4) is 16.2 Å². The van der Waals surface area contributed by atoms with Crippen LogP contribution in [0.15, 0.2) is 18.2 Å². The summed E-state index contributed by atoms with van der Waals surface area (Å²) in [7, 11) is 1.53. The van der Waals surface area contributed by atoms with Crippen LogP contribution in [0.2, 0.25) is 5.02 Å². The van der Waals surface area contributed by atoms with E-state index in [0.717, 1.165) is 5.56 Å². The average Bonchev–Trinajstić information content (AvgIpc) is 2.59. The van der Waals surface area contributed by atoms with Crippen molar-refractivity contribution in [3.63, 3.8) is 0 Å². The Morgan fingerprint density at radius 2 is 2.19 bits per heavy atom. The summed E-state index contributed by atoms with van der Waals surface area (Å²) in [5.74, 6) is 0.0801. The first-order valence-corrected chi connectivity index (χ1v) is 5.78. The largest absolute Gasteiger partial charge is 0.495 e. The third-order valence-corrected chi connectivity index (χ3v) is 3.41. The Balaban J connectivity index is 2.52. The van der Waals surface area contributed by atoms with Crippen LogP contribution in [0.5, 0.6) is 5.75 Å². The highest BCUT2D eigenvalue weighted by Gasteiger charge is 2.12. The van der Waals surface area contributed by atoms with E-state index in [-0.39, 0.29) is 0 Å². The van der Waals surface area contributed by atoms with Gasteiger partial charge in [-0.05, 0) is 19.1 Å². The van der Waals surface area contributed by atoms with Crippen molar-refractivity contribution in [1.29, 1.82) is 0 Å². The summed E-state index contributed by atoms with van der Waals surface area (Å²) >= 11 is 7.21. The van der Waals surface area contributed by atoms with Crippen LogP contribution >= 0.6 is 22.9 Å². The highest BCUT2D eigenvalue weighted by Crippen LogP contribution is 2.34. The quantitative estimate of drug-likeness (QED) is 0.814. The van der Waals surface area contributed by atoms with Crippen LogP contribution in [-0.4, -0.2) is 12.1 Å². The molecule has 1 heterocycles. The number of benzene rings is 1. The molecule has 0 amide bonds. The van der Waals surface area contributed by atoms with Gasteiger partial charge in [-0.1, -0.05) is 17.7 Å². The Morgan fingerprint density at radius 3 is 2.75 bits per heavy atom. The summed E-state index contributed by atoms with van der Waals surface area (Å²) in [6.45, 7) is 1.77. The molecule has 0 unspecified atom stereocenters. The number of thiazole rings is 1. The van der Waals surface area contributed by atoms with Crippen molar-refractivity contribution < 1.29 is 9.13 Å². The molecular weight excluding hydrogens is 249 g/mol. The van der Waals surface area contributed by atoms with E-state index in [4.69, 9.17) is 16.3 Å². The lowest BCUT2D eigenvalue weighted by molar-refractivity contribution is 0.415. The molecule has 0 saturated heterocycles. The van der Waals surface area contributed by atoms with Gasteiger partial charge < -0.3 is 4.74 Å². The molecule has 0 saturated carbocycles. The van der Waals surface area contributed by atoms with E-state index in [1.807, 2.05) is 0 Å². The van der Waals surface area contributed by atoms with E-state index in [2.05, 4.69) is 4.98 Å². The van der Waals surface area contributed by atoms with Crippen LogP contribution in [0, 0.1) is 12.9 Å². The molecule has 1 aromatic carbocycles. The number of nitrogens with zero attached hydrogens (tertiary/aromatic N) is 1. The third kappa shape index (κ3) is 2.03. The molecule has 2 nitrogen and oxygen atoms in total. The maximum Gasteiger partial charge on any atom is 0.231 e. The molecule has 16 heavy (non-hydrogen) atoms. The topological polar surface area (TPSA) is 22.1 Å². The van der Waals surface area contributed by atoms with Crippen molar-refractivity contribution in [1.82, 2.24) is 4.98 Å². The van der Waals surface area contributed by atoms with E-state index in [1.165, 1.54) is 18.4 Å². The highest BCUT2D eigenvalue weighted by molar-refractivity contribution is 7.15. The lowest BCUT2D eigenvalue weighted by Gasteiger charge is -2.04. The molecule has 2 aromatic rings. The zero-order valence-corrected chi connectivity index (χ0v) is 10.3. The van der Waals surface area contributed by atoms with Crippen LogP contribution < -0.4 is 4.74 Å². The van der Waals surface area contributed by atoms with Crippen molar-refractivity contribution in [2.45, 2.75) is 6.92 Å². The minimum Gasteiger partial charge on any atom is -0.495 e. The van der Waals surface area contributed by atoms with Gasteiger partial charge in [0.25, 0.3) is 0 Å². The fourth-order valence-corrected chi connectivity index (χ4v) is 2.37. The van der Waals surface area contributed by atoms with Gasteiger partial charge in [0.2, 0.25) is 5.95 Å². The molecule has 0 aliphatic heterocycles. The van der Waals surface area contributed by atoms with Crippen LogP contribution in [0.25, 0.3) is 10.4 Å². The van der Waals surface area contributed by atoms with Gasteiger partial charge in [-0.2, -0.15) is 4.39 Å². The molecule has 1 aromatic heterocycles. The second kappa shape index (κ2) is 4.39. The van der Waals surface area contributed by atoms with Gasteiger partial charge in [0.05, 0.1) is 22.0 Å². The second-order valence-electron chi connectivity index (χ2n) is 3.20. The molecule has 0 aliphatic carbocycles. The summed E-state index contributed by atoms with van der Waals surface area (Å²) in [4.78, 5) is 4.25. The summed E-state index contributed by atoms with van der Waals surface area (Å²) < 4.78 is 18.5. The highest BCUT2D eigenvalue weighted by atomic mass is 35.5. The van der Waals surface area contributed by atoms with Crippen LogP contribution in [0.3, 0.4) is 0 Å². The average molecular weight is 258 g/mol. The Kier molecular flexibility index (Phi) is 3.12. The standard InChI is InChI=1S/C11H9ClFNOS/c1-6-14-11(13)10(16-6)7-3-4-8(12)9(5-7)15-2/h3-5H,1-2H3. The predicted molar refractivity (Wildman–Crippen MR) is 63.8 cm³/mol. The van der Waals surface area contributed by atoms with Gasteiger partial charge in [-0.25, -0.2) is 4.98 Å². The number of aromatic nitrogens is 1. The van der Waals surface area contributed by atoms with E-state index in [9.17, 15) is 4.39 Å². The Labute approximate surface area is 102 Å². The Hall–Kier alpha value is -1.13. The molecule has 5 heteroatoms. The van der Waals surface area contributed by atoms with E-state index in [0.29, 0.717) is 20.7 Å². The van der Waals surface area contributed by atoms with Crippen molar-refractivity contribution in [2.24, 2.45) is 0 Å². The number of halogens is 2. The molecule has 2 rings (SSSR count). The second-order valence-corrected chi connectivity index (χ2v) is 4.81. The van der Waals surface area contributed by atoms with Gasteiger partial charge in [0.15, 0.2) is 0 Å². The van der Waals surface area contributed by atoms with Gasteiger partial charge in [-0.3, -0.25) is 0 Å². The minimum absolute atomic E-state index is 0.452. The van der Waals surface area contributed by atoms with Crippen molar-refractivity contribution >= 4 is 22.9 Å². The van der Waals surface area contributed by atoms with Crippen LogP contribution in [-0.2, 0) is 0 Å². The molecule has 0 aliphatic rings. The normalized spacial score (nSPS) is 10.5. The van der Waals surface area contributed by atoms with Crippen molar-refractivity contribution in [2.75, 3.05) is 7.11 Å². The summed E-state index contributed by atoms with van der Waals surface area (Å²) in [5, 5.41) is 1.20. The predicted octanol–water partition coefficient (Wildman–Crippen LogP) is 3.92. The number of methoxy groups -OCH3 is 1. The molecule has 0 radical (unpaired) electrons. The smallest absolute Gasteiger partial charge is 0.231 e. The lowest BCUT2D eigenvalue weighted by atomic mass is 10.2. The zero-order valence-electron chi connectivity index (χ0n) is 8.75. The van der Waals surface area contributed by atoms with Crippen molar-refractivity contribution in [3.05, 3.63) is 34.2 Å². The molecular formula is C11H9ClFNOS. The summed E-state index contributed by atoms with van der Waals surface area (Å²) in [6, 6.07) is 5.14. The fourth-order valence-electron chi connectivity index (χ4n) is 1.38. The maximum absolute atomic E-state index is 13.5. The molecule has 0 spiro atoms. The van der Waals surface area contributed by atoms with E-state index in [1.54, 1.807) is 25.1 Å². The zero-order chi connectivity index (χ0) is 11.7. The molecule has 0 fully saturated rings. The minimum atomic E-state index is -0.452. The molecule has 0 atom stereocenters. The summed E-state index contributed by atoms with van der Waals surface area (Å²) in [5.41, 5.74) is 0.726. The van der Waals surface area contributed by atoms with Crippen LogP contribution in [0.4, 0.5) is 4.39 Å². The SMILES string of the molecule is COc1cc(-c2sc(C)nc2F)ccc1Cl. The first-order valence-electron chi connectivity index (χ1n) is 4.58. The van der Waals surface area contributed by atoms with E-state index >= 15 is 0 Å². The van der Waals surface area contributed by atoms with E-state index < -0.39 is 5.95 Å².